The Morgan fingerprint density at radius 2 is 1.86 bits per heavy atom. The van der Waals surface area contributed by atoms with Crippen molar-refractivity contribution < 1.29 is 26.7 Å². The number of carbonyl (C=O) groups is 1. The van der Waals surface area contributed by atoms with Gasteiger partial charge >= 0.3 is 0 Å². The summed E-state index contributed by atoms with van der Waals surface area (Å²) in [6.45, 7) is 2.85. The lowest BCUT2D eigenvalue weighted by molar-refractivity contribution is 0.102. The summed E-state index contributed by atoms with van der Waals surface area (Å²) in [5.74, 6) is -2.44. The van der Waals surface area contributed by atoms with E-state index in [1.165, 1.54) is 22.5 Å². The number of carbonyl (C=O) groups excluding carboxylic acids is 1. The molecule has 150 valence electrons. The molecule has 2 aromatic carbocycles. The van der Waals surface area contributed by atoms with E-state index < -0.39 is 27.6 Å². The zero-order chi connectivity index (χ0) is 20.3. The summed E-state index contributed by atoms with van der Waals surface area (Å²) in [5, 5.41) is 2.45. The summed E-state index contributed by atoms with van der Waals surface area (Å²) in [6, 6.07) is 6.81. The Bertz CT molecular complexity index is 989. The van der Waals surface area contributed by atoms with Gasteiger partial charge in [-0.3, -0.25) is 4.79 Å². The lowest BCUT2D eigenvalue weighted by Crippen LogP contribution is -2.28. The number of anilines is 1. The molecule has 0 radical (unpaired) electrons. The maximum atomic E-state index is 13.8. The van der Waals surface area contributed by atoms with Crippen LogP contribution in [0.1, 0.15) is 30.1 Å². The average Bonchev–Trinajstić information content (AvgIpc) is 3.18. The second-order valence-corrected chi connectivity index (χ2v) is 8.19. The number of hydrogen-bond donors (Lipinski definition) is 1. The highest BCUT2D eigenvalue weighted by Gasteiger charge is 2.30. The number of nitrogens with one attached hydrogen (secondary N) is 1. The molecule has 0 bridgehead atoms. The van der Waals surface area contributed by atoms with Crippen molar-refractivity contribution in [2.45, 2.75) is 24.7 Å². The van der Waals surface area contributed by atoms with E-state index in [1.54, 1.807) is 6.92 Å². The van der Waals surface area contributed by atoms with Crippen molar-refractivity contribution in [3.8, 4) is 5.75 Å². The van der Waals surface area contributed by atoms with Gasteiger partial charge in [-0.2, -0.15) is 4.31 Å². The predicted molar refractivity (Wildman–Crippen MR) is 99.9 cm³/mol. The maximum Gasteiger partial charge on any atom is 0.258 e. The lowest BCUT2D eigenvalue weighted by atomic mass is 10.2. The highest BCUT2D eigenvalue weighted by atomic mass is 32.2. The molecular weight excluding hydrogens is 390 g/mol. The number of halogens is 2. The van der Waals surface area contributed by atoms with E-state index >= 15 is 0 Å². The molecule has 0 aromatic heterocycles. The van der Waals surface area contributed by atoms with Crippen molar-refractivity contribution in [3.05, 3.63) is 53.6 Å². The Balaban J connectivity index is 1.93. The van der Waals surface area contributed by atoms with Gasteiger partial charge in [-0.15, -0.1) is 0 Å². The molecule has 9 heteroatoms. The highest BCUT2D eigenvalue weighted by Crippen LogP contribution is 2.32. The lowest BCUT2D eigenvalue weighted by Gasteiger charge is -2.19. The fourth-order valence-corrected chi connectivity index (χ4v) is 4.68. The molecule has 0 aliphatic carbocycles. The van der Waals surface area contributed by atoms with Gasteiger partial charge in [0.25, 0.3) is 5.91 Å². The first kappa shape index (κ1) is 20.2. The summed E-state index contributed by atoms with van der Waals surface area (Å²) in [4.78, 5) is 12.2. The van der Waals surface area contributed by atoms with Crippen LogP contribution in [0.5, 0.6) is 5.75 Å². The summed E-state index contributed by atoms with van der Waals surface area (Å²) < 4.78 is 59.6. The SMILES string of the molecule is CCOc1ccc(NC(=O)c2ccc(F)cc2F)cc1S(=O)(=O)N1CCCC1. The topological polar surface area (TPSA) is 75.7 Å². The van der Waals surface area contributed by atoms with Gasteiger partial charge in [-0.05, 0) is 50.1 Å². The number of benzene rings is 2. The van der Waals surface area contributed by atoms with Gasteiger partial charge in [-0.1, -0.05) is 0 Å². The van der Waals surface area contributed by atoms with Crippen LogP contribution in [0.2, 0.25) is 0 Å². The monoisotopic (exact) mass is 410 g/mol. The van der Waals surface area contributed by atoms with Crippen LogP contribution in [0.4, 0.5) is 14.5 Å². The zero-order valence-electron chi connectivity index (χ0n) is 15.2. The van der Waals surface area contributed by atoms with Gasteiger partial charge in [0.1, 0.15) is 22.3 Å². The predicted octanol–water partition coefficient (Wildman–Crippen LogP) is 3.40. The van der Waals surface area contributed by atoms with Gasteiger partial charge in [-0.25, -0.2) is 17.2 Å². The molecule has 1 N–H and O–H groups in total. The first-order valence-electron chi connectivity index (χ1n) is 8.86. The molecule has 0 saturated carbocycles. The molecule has 1 amide bonds. The Morgan fingerprint density at radius 1 is 1.14 bits per heavy atom. The van der Waals surface area contributed by atoms with E-state index in [-0.39, 0.29) is 28.5 Å². The summed E-state index contributed by atoms with van der Waals surface area (Å²) in [7, 11) is -3.79. The van der Waals surface area contributed by atoms with E-state index in [0.29, 0.717) is 19.2 Å². The number of rotatable bonds is 6. The first-order chi connectivity index (χ1) is 13.3. The Morgan fingerprint density at radius 3 is 2.50 bits per heavy atom. The van der Waals surface area contributed by atoms with Crippen LogP contribution in [0.15, 0.2) is 41.3 Å². The molecule has 1 heterocycles. The normalized spacial score (nSPS) is 14.8. The number of nitrogens with zero attached hydrogens (tertiary/aromatic N) is 1. The van der Waals surface area contributed by atoms with Crippen LogP contribution >= 0.6 is 0 Å². The molecule has 3 rings (SSSR count). The van der Waals surface area contributed by atoms with E-state index in [4.69, 9.17) is 4.74 Å². The van der Waals surface area contributed by atoms with Crippen molar-refractivity contribution >= 4 is 21.6 Å². The number of sulfonamides is 1. The minimum absolute atomic E-state index is 0.0615. The molecular formula is C19H20F2N2O4S. The van der Waals surface area contributed by atoms with Gasteiger partial charge < -0.3 is 10.1 Å². The Labute approximate surface area is 162 Å². The van der Waals surface area contributed by atoms with Crippen LogP contribution in [-0.2, 0) is 10.0 Å². The van der Waals surface area contributed by atoms with Gasteiger partial charge in [0.2, 0.25) is 10.0 Å². The maximum absolute atomic E-state index is 13.8. The van der Waals surface area contributed by atoms with Crippen molar-refractivity contribution in [3.63, 3.8) is 0 Å². The third-order valence-electron chi connectivity index (χ3n) is 4.36. The minimum Gasteiger partial charge on any atom is -0.492 e. The van der Waals surface area contributed by atoms with Crippen LogP contribution in [-0.4, -0.2) is 38.3 Å². The summed E-state index contributed by atoms with van der Waals surface area (Å²) in [5.41, 5.74) is -0.186. The number of amides is 1. The summed E-state index contributed by atoms with van der Waals surface area (Å²) in [6.07, 6.45) is 1.56. The standard InChI is InChI=1S/C19H20F2N2O4S/c1-2-27-17-8-6-14(12-18(17)28(25,26)23-9-3-4-10-23)22-19(24)15-7-5-13(20)11-16(15)21/h5-8,11-12H,2-4,9-10H2,1H3,(H,22,24). The van der Waals surface area contributed by atoms with Crippen molar-refractivity contribution in [1.82, 2.24) is 4.31 Å². The molecule has 0 spiro atoms. The molecule has 6 nitrogen and oxygen atoms in total. The average molecular weight is 410 g/mol. The highest BCUT2D eigenvalue weighted by molar-refractivity contribution is 7.89. The smallest absolute Gasteiger partial charge is 0.258 e. The van der Waals surface area contributed by atoms with Crippen molar-refractivity contribution in [2.24, 2.45) is 0 Å². The molecule has 1 saturated heterocycles. The van der Waals surface area contributed by atoms with E-state index in [1.807, 2.05) is 0 Å². The zero-order valence-corrected chi connectivity index (χ0v) is 16.1. The Kier molecular flexibility index (Phi) is 5.95. The second kappa shape index (κ2) is 8.24. The Hall–Kier alpha value is -2.52. The van der Waals surface area contributed by atoms with E-state index in [2.05, 4.69) is 5.32 Å². The van der Waals surface area contributed by atoms with Gasteiger partial charge in [0, 0.05) is 24.8 Å². The largest absolute Gasteiger partial charge is 0.492 e. The van der Waals surface area contributed by atoms with Crippen LogP contribution < -0.4 is 10.1 Å². The van der Waals surface area contributed by atoms with Crippen molar-refractivity contribution in [2.75, 3.05) is 25.0 Å². The molecule has 1 fully saturated rings. The second-order valence-electron chi connectivity index (χ2n) is 6.28. The molecule has 0 atom stereocenters. The fourth-order valence-electron chi connectivity index (χ4n) is 3.00. The first-order valence-corrected chi connectivity index (χ1v) is 10.3. The summed E-state index contributed by atoms with van der Waals surface area (Å²) >= 11 is 0. The van der Waals surface area contributed by atoms with Crippen LogP contribution in [0.25, 0.3) is 0 Å². The molecule has 1 aliphatic rings. The van der Waals surface area contributed by atoms with Gasteiger partial charge in [0.05, 0.1) is 12.2 Å². The molecule has 1 aliphatic heterocycles. The van der Waals surface area contributed by atoms with E-state index in [0.717, 1.165) is 25.0 Å². The number of hydrogen-bond acceptors (Lipinski definition) is 4. The van der Waals surface area contributed by atoms with Crippen LogP contribution in [0, 0.1) is 11.6 Å². The molecule has 28 heavy (non-hydrogen) atoms. The van der Waals surface area contributed by atoms with Gasteiger partial charge in [0.15, 0.2) is 0 Å². The van der Waals surface area contributed by atoms with Crippen LogP contribution in [0.3, 0.4) is 0 Å². The molecule has 0 unspecified atom stereocenters. The minimum atomic E-state index is -3.79. The fraction of sp³-hybridized carbons (Fsp3) is 0.316. The van der Waals surface area contributed by atoms with E-state index in [9.17, 15) is 22.0 Å². The number of ether oxygens (including phenoxy) is 1. The third kappa shape index (κ3) is 4.15. The quantitative estimate of drug-likeness (QED) is 0.792. The third-order valence-corrected chi connectivity index (χ3v) is 6.28. The molecule has 2 aromatic rings. The van der Waals surface area contributed by atoms with Crippen molar-refractivity contribution in [1.29, 1.82) is 0 Å².